The Morgan fingerprint density at radius 1 is 1.42 bits per heavy atom. The Labute approximate surface area is 112 Å². The van der Waals surface area contributed by atoms with Crippen molar-refractivity contribution in [2.75, 3.05) is 7.11 Å². The lowest BCUT2D eigenvalue weighted by Gasteiger charge is -2.21. The number of methoxy groups -OCH3 is 1. The van der Waals surface area contributed by atoms with Gasteiger partial charge in [0.15, 0.2) is 0 Å². The second kappa shape index (κ2) is 5.01. The molecule has 0 saturated carbocycles. The van der Waals surface area contributed by atoms with E-state index in [-0.39, 0.29) is 5.75 Å². The average Bonchev–Trinajstić information content (AvgIpc) is 2.88. The lowest BCUT2D eigenvalue weighted by molar-refractivity contribution is -0.0106. The van der Waals surface area contributed by atoms with E-state index in [1.165, 1.54) is 0 Å². The van der Waals surface area contributed by atoms with Crippen LogP contribution in [0.4, 0.5) is 0 Å². The molecule has 0 bridgehead atoms. The Kier molecular flexibility index (Phi) is 3.57. The van der Waals surface area contributed by atoms with E-state index in [0.717, 1.165) is 12.0 Å². The summed E-state index contributed by atoms with van der Waals surface area (Å²) in [5.41, 5.74) is 0.914. The second-order valence-corrected chi connectivity index (χ2v) is 4.73. The van der Waals surface area contributed by atoms with Gasteiger partial charge in [-0.25, -0.2) is 0 Å². The first-order valence-electron chi connectivity index (χ1n) is 6.19. The molecule has 0 aliphatic heterocycles. The second-order valence-electron chi connectivity index (χ2n) is 4.73. The topological polar surface area (TPSA) is 68.4 Å². The monoisotopic (exact) mass is 262 g/mol. The number of aromatic nitrogens is 2. The largest absolute Gasteiger partial charge is 0.507 e. The van der Waals surface area contributed by atoms with E-state index in [0.29, 0.717) is 17.3 Å². The van der Waals surface area contributed by atoms with Crippen molar-refractivity contribution in [3.8, 4) is 17.2 Å². The molecule has 0 fully saturated rings. The number of nitrogens with zero attached hydrogens (tertiary/aromatic N) is 2. The molecule has 0 aliphatic rings. The van der Waals surface area contributed by atoms with Gasteiger partial charge in [-0.3, -0.25) is 0 Å². The molecule has 0 spiro atoms. The molecule has 1 heterocycles. The van der Waals surface area contributed by atoms with Gasteiger partial charge in [0.05, 0.1) is 5.56 Å². The molecule has 1 aromatic carbocycles. The summed E-state index contributed by atoms with van der Waals surface area (Å²) in [5, 5.41) is 13.9. The summed E-state index contributed by atoms with van der Waals surface area (Å²) in [6.07, 6.45) is 0.725. The number of benzene rings is 1. The van der Waals surface area contributed by atoms with Crippen LogP contribution in [0.3, 0.4) is 0 Å². The molecule has 1 N–H and O–H groups in total. The fourth-order valence-electron chi connectivity index (χ4n) is 1.76. The standard InChI is InChI=1S/C14H18N2O3/c1-5-14(3,18-4)13-15-12(19-16-13)10-7-6-9(2)8-11(10)17/h6-8,17H,5H2,1-4H3. The van der Waals surface area contributed by atoms with Crippen molar-refractivity contribution in [3.05, 3.63) is 29.6 Å². The number of aromatic hydroxyl groups is 1. The fourth-order valence-corrected chi connectivity index (χ4v) is 1.76. The lowest BCUT2D eigenvalue weighted by atomic mass is 10.0. The molecule has 0 saturated heterocycles. The van der Waals surface area contributed by atoms with Gasteiger partial charge in [-0.05, 0) is 38.0 Å². The molecule has 19 heavy (non-hydrogen) atoms. The number of phenolic OH excluding ortho intramolecular Hbond substituents is 1. The van der Waals surface area contributed by atoms with Gasteiger partial charge in [-0.2, -0.15) is 4.98 Å². The van der Waals surface area contributed by atoms with Crippen molar-refractivity contribution in [3.63, 3.8) is 0 Å². The Hall–Kier alpha value is -1.88. The van der Waals surface area contributed by atoms with Gasteiger partial charge in [-0.1, -0.05) is 18.1 Å². The van der Waals surface area contributed by atoms with Gasteiger partial charge < -0.3 is 14.4 Å². The molecule has 1 atom stereocenters. The van der Waals surface area contributed by atoms with Crippen molar-refractivity contribution in [1.82, 2.24) is 10.1 Å². The minimum atomic E-state index is -0.581. The fraction of sp³-hybridized carbons (Fsp3) is 0.429. The molecule has 0 aliphatic carbocycles. The van der Waals surface area contributed by atoms with E-state index in [2.05, 4.69) is 10.1 Å². The number of aryl methyl sites for hydroxylation is 1. The summed E-state index contributed by atoms with van der Waals surface area (Å²) >= 11 is 0. The summed E-state index contributed by atoms with van der Waals surface area (Å²) in [6, 6.07) is 5.31. The third kappa shape index (κ3) is 2.46. The highest BCUT2D eigenvalue weighted by atomic mass is 16.5. The maximum atomic E-state index is 9.91. The van der Waals surface area contributed by atoms with Crippen LogP contribution in [0.25, 0.3) is 11.5 Å². The quantitative estimate of drug-likeness (QED) is 0.917. The van der Waals surface area contributed by atoms with Crippen LogP contribution in [0.15, 0.2) is 22.7 Å². The number of ether oxygens (including phenoxy) is 1. The molecule has 0 radical (unpaired) electrons. The summed E-state index contributed by atoms with van der Waals surface area (Å²) in [4.78, 5) is 4.32. The Morgan fingerprint density at radius 3 is 2.74 bits per heavy atom. The smallest absolute Gasteiger partial charge is 0.261 e. The van der Waals surface area contributed by atoms with Gasteiger partial charge >= 0.3 is 0 Å². The lowest BCUT2D eigenvalue weighted by Crippen LogP contribution is -2.24. The van der Waals surface area contributed by atoms with E-state index in [1.54, 1.807) is 19.2 Å². The van der Waals surface area contributed by atoms with Crippen LogP contribution in [-0.4, -0.2) is 22.4 Å². The Balaban J connectivity index is 2.41. The summed E-state index contributed by atoms with van der Waals surface area (Å²) in [7, 11) is 1.61. The SMILES string of the molecule is CCC(C)(OC)c1noc(-c2ccc(C)cc2O)n1. The van der Waals surface area contributed by atoms with Gasteiger partial charge in [-0.15, -0.1) is 0 Å². The van der Waals surface area contributed by atoms with Crippen LogP contribution >= 0.6 is 0 Å². The van der Waals surface area contributed by atoms with Crippen LogP contribution < -0.4 is 0 Å². The molecule has 0 amide bonds. The van der Waals surface area contributed by atoms with Crippen LogP contribution in [-0.2, 0) is 10.3 Å². The summed E-state index contributed by atoms with van der Waals surface area (Å²) < 4.78 is 10.6. The van der Waals surface area contributed by atoms with Gasteiger partial charge in [0, 0.05) is 7.11 Å². The minimum Gasteiger partial charge on any atom is -0.507 e. The molecule has 1 unspecified atom stereocenters. The van der Waals surface area contributed by atoms with E-state index >= 15 is 0 Å². The number of phenols is 1. The first-order valence-corrected chi connectivity index (χ1v) is 6.19. The maximum absolute atomic E-state index is 9.91. The van der Waals surface area contributed by atoms with Crippen molar-refractivity contribution in [1.29, 1.82) is 0 Å². The van der Waals surface area contributed by atoms with Crippen LogP contribution in [0.1, 0.15) is 31.7 Å². The van der Waals surface area contributed by atoms with Crippen LogP contribution in [0.5, 0.6) is 5.75 Å². The molecule has 2 rings (SSSR count). The summed E-state index contributed by atoms with van der Waals surface area (Å²) in [6.45, 7) is 5.79. The van der Waals surface area contributed by atoms with E-state index < -0.39 is 5.60 Å². The number of rotatable bonds is 4. The first-order chi connectivity index (χ1) is 9.00. The predicted octanol–water partition coefficient (Wildman–Crippen LogP) is 3.02. The maximum Gasteiger partial charge on any atom is 0.261 e. The van der Waals surface area contributed by atoms with Gasteiger partial charge in [0.1, 0.15) is 11.4 Å². The highest BCUT2D eigenvalue weighted by Crippen LogP contribution is 2.32. The normalized spacial score (nSPS) is 14.3. The third-order valence-corrected chi connectivity index (χ3v) is 3.41. The van der Waals surface area contributed by atoms with Crippen molar-refractivity contribution >= 4 is 0 Å². The summed E-state index contributed by atoms with van der Waals surface area (Å²) in [5.74, 6) is 0.905. The van der Waals surface area contributed by atoms with Crippen molar-refractivity contribution in [2.24, 2.45) is 0 Å². The Morgan fingerprint density at radius 2 is 2.16 bits per heavy atom. The molecule has 2 aromatic rings. The predicted molar refractivity (Wildman–Crippen MR) is 70.8 cm³/mol. The molecule has 5 heteroatoms. The molecule has 5 nitrogen and oxygen atoms in total. The molecule has 102 valence electrons. The van der Waals surface area contributed by atoms with Gasteiger partial charge in [0.2, 0.25) is 5.82 Å². The zero-order chi connectivity index (χ0) is 14.0. The zero-order valence-electron chi connectivity index (χ0n) is 11.6. The van der Waals surface area contributed by atoms with Crippen molar-refractivity contribution < 1.29 is 14.4 Å². The average molecular weight is 262 g/mol. The zero-order valence-corrected chi connectivity index (χ0v) is 11.6. The first kappa shape index (κ1) is 13.5. The highest BCUT2D eigenvalue weighted by molar-refractivity contribution is 5.62. The van der Waals surface area contributed by atoms with E-state index in [9.17, 15) is 5.11 Å². The van der Waals surface area contributed by atoms with E-state index in [4.69, 9.17) is 9.26 Å². The third-order valence-electron chi connectivity index (χ3n) is 3.41. The van der Waals surface area contributed by atoms with Crippen LogP contribution in [0, 0.1) is 6.92 Å². The highest BCUT2D eigenvalue weighted by Gasteiger charge is 2.30. The van der Waals surface area contributed by atoms with Gasteiger partial charge in [0.25, 0.3) is 5.89 Å². The number of hydrogen-bond acceptors (Lipinski definition) is 5. The molecule has 1 aromatic heterocycles. The van der Waals surface area contributed by atoms with E-state index in [1.807, 2.05) is 26.8 Å². The van der Waals surface area contributed by atoms with Crippen LogP contribution in [0.2, 0.25) is 0 Å². The minimum absolute atomic E-state index is 0.130. The van der Waals surface area contributed by atoms with Crippen molar-refractivity contribution in [2.45, 2.75) is 32.8 Å². The molecular weight excluding hydrogens is 244 g/mol. The number of hydrogen-bond donors (Lipinski definition) is 1. The molecular formula is C14H18N2O3. The Bertz CT molecular complexity index is 574.